The molecule has 0 aliphatic carbocycles. The summed E-state index contributed by atoms with van der Waals surface area (Å²) in [4.78, 5) is 16.1. The Hall–Kier alpha value is -0.770. The van der Waals surface area contributed by atoms with Crippen LogP contribution in [-0.2, 0) is 0 Å². The lowest BCUT2D eigenvalue weighted by atomic mass is 10.1. The zero-order valence-corrected chi connectivity index (χ0v) is 9.90. The third kappa shape index (κ3) is 2.88. The van der Waals surface area contributed by atoms with Crippen molar-refractivity contribution in [2.75, 3.05) is 26.2 Å². The molecule has 2 saturated heterocycles. The standard InChI is InChI=1S/C12H22N2O2/c15-11-5-9-14(10-6-11)12(16)13-7-3-1-2-4-8-13/h11,15H,1-10H2. The summed E-state index contributed by atoms with van der Waals surface area (Å²) in [5.74, 6) is 0. The van der Waals surface area contributed by atoms with E-state index in [1.807, 2.05) is 9.80 Å². The van der Waals surface area contributed by atoms with Crippen LogP contribution in [0.5, 0.6) is 0 Å². The van der Waals surface area contributed by atoms with E-state index in [4.69, 9.17) is 0 Å². The Morgan fingerprint density at radius 2 is 1.38 bits per heavy atom. The summed E-state index contributed by atoms with van der Waals surface area (Å²) in [6.45, 7) is 3.27. The Kier molecular flexibility index (Phi) is 4.04. The van der Waals surface area contributed by atoms with Gasteiger partial charge in [-0.05, 0) is 25.7 Å². The van der Waals surface area contributed by atoms with Gasteiger partial charge >= 0.3 is 6.03 Å². The van der Waals surface area contributed by atoms with E-state index in [9.17, 15) is 9.90 Å². The number of piperidine rings is 1. The topological polar surface area (TPSA) is 43.8 Å². The number of aliphatic hydroxyl groups excluding tert-OH is 1. The molecular formula is C12H22N2O2. The average Bonchev–Trinajstić information content (AvgIpc) is 2.57. The highest BCUT2D eigenvalue weighted by Crippen LogP contribution is 2.15. The second kappa shape index (κ2) is 5.53. The van der Waals surface area contributed by atoms with Crippen molar-refractivity contribution >= 4 is 6.03 Å². The fourth-order valence-corrected chi connectivity index (χ4v) is 2.52. The monoisotopic (exact) mass is 226 g/mol. The average molecular weight is 226 g/mol. The molecule has 2 aliphatic rings. The van der Waals surface area contributed by atoms with Crippen molar-refractivity contribution in [1.82, 2.24) is 9.80 Å². The van der Waals surface area contributed by atoms with E-state index in [2.05, 4.69) is 0 Å². The van der Waals surface area contributed by atoms with Crippen LogP contribution in [0.15, 0.2) is 0 Å². The van der Waals surface area contributed by atoms with E-state index in [0.717, 1.165) is 51.9 Å². The molecule has 0 saturated carbocycles. The number of carbonyl (C=O) groups excluding carboxylic acids is 1. The van der Waals surface area contributed by atoms with Gasteiger partial charge in [0.25, 0.3) is 0 Å². The first kappa shape index (κ1) is 11.7. The Labute approximate surface area is 97.2 Å². The highest BCUT2D eigenvalue weighted by molar-refractivity contribution is 5.74. The smallest absolute Gasteiger partial charge is 0.320 e. The van der Waals surface area contributed by atoms with Crippen LogP contribution < -0.4 is 0 Å². The molecule has 2 rings (SSSR count). The van der Waals surface area contributed by atoms with Crippen LogP contribution in [0.3, 0.4) is 0 Å². The lowest BCUT2D eigenvalue weighted by Crippen LogP contribution is -2.47. The SMILES string of the molecule is O=C(N1CCCCCC1)N1CCC(O)CC1. The summed E-state index contributed by atoms with van der Waals surface area (Å²) in [6, 6.07) is 0.189. The molecule has 0 unspecified atom stereocenters. The van der Waals surface area contributed by atoms with Crippen LogP contribution in [0, 0.1) is 0 Å². The molecule has 0 aromatic heterocycles. The van der Waals surface area contributed by atoms with Crippen molar-refractivity contribution in [2.45, 2.75) is 44.6 Å². The normalized spacial score (nSPS) is 24.3. The van der Waals surface area contributed by atoms with Gasteiger partial charge in [0.2, 0.25) is 0 Å². The predicted molar refractivity (Wildman–Crippen MR) is 62.3 cm³/mol. The van der Waals surface area contributed by atoms with Gasteiger partial charge in [0.05, 0.1) is 6.10 Å². The van der Waals surface area contributed by atoms with E-state index in [1.54, 1.807) is 0 Å². The van der Waals surface area contributed by atoms with Crippen LogP contribution in [0.25, 0.3) is 0 Å². The van der Waals surface area contributed by atoms with Crippen LogP contribution >= 0.6 is 0 Å². The second-order valence-corrected chi connectivity index (χ2v) is 4.90. The van der Waals surface area contributed by atoms with Crippen LogP contribution in [0.2, 0.25) is 0 Å². The zero-order chi connectivity index (χ0) is 11.4. The number of hydrogen-bond donors (Lipinski definition) is 1. The van der Waals surface area contributed by atoms with Crippen molar-refractivity contribution < 1.29 is 9.90 Å². The maximum atomic E-state index is 12.2. The molecule has 0 bridgehead atoms. The summed E-state index contributed by atoms with van der Waals surface area (Å²) in [6.07, 6.45) is 6.06. The van der Waals surface area contributed by atoms with Gasteiger partial charge in [-0.2, -0.15) is 0 Å². The van der Waals surface area contributed by atoms with E-state index < -0.39 is 0 Å². The van der Waals surface area contributed by atoms with Crippen molar-refractivity contribution in [2.24, 2.45) is 0 Å². The van der Waals surface area contributed by atoms with Crippen LogP contribution in [0.4, 0.5) is 4.79 Å². The fraction of sp³-hybridized carbons (Fsp3) is 0.917. The van der Waals surface area contributed by atoms with E-state index in [-0.39, 0.29) is 12.1 Å². The Balaban J connectivity index is 1.85. The molecule has 92 valence electrons. The summed E-state index contributed by atoms with van der Waals surface area (Å²) < 4.78 is 0. The lowest BCUT2D eigenvalue weighted by Gasteiger charge is -2.34. The number of rotatable bonds is 0. The molecule has 1 N–H and O–H groups in total. The minimum atomic E-state index is -0.201. The molecule has 2 aliphatic heterocycles. The largest absolute Gasteiger partial charge is 0.393 e. The molecule has 4 heteroatoms. The molecule has 4 nitrogen and oxygen atoms in total. The third-order valence-electron chi connectivity index (χ3n) is 3.61. The molecular weight excluding hydrogens is 204 g/mol. The van der Waals surface area contributed by atoms with Gasteiger partial charge in [0.1, 0.15) is 0 Å². The zero-order valence-electron chi connectivity index (χ0n) is 9.90. The van der Waals surface area contributed by atoms with Gasteiger partial charge in [-0.15, -0.1) is 0 Å². The van der Waals surface area contributed by atoms with E-state index >= 15 is 0 Å². The first-order valence-electron chi connectivity index (χ1n) is 6.49. The van der Waals surface area contributed by atoms with Crippen molar-refractivity contribution in [3.8, 4) is 0 Å². The van der Waals surface area contributed by atoms with E-state index in [0.29, 0.717) is 0 Å². The molecule has 0 aromatic carbocycles. The number of hydrogen-bond acceptors (Lipinski definition) is 2. The Bertz CT molecular complexity index is 229. The minimum Gasteiger partial charge on any atom is -0.393 e. The number of amides is 2. The minimum absolute atomic E-state index is 0.189. The Morgan fingerprint density at radius 1 is 0.875 bits per heavy atom. The number of urea groups is 1. The molecule has 2 fully saturated rings. The summed E-state index contributed by atoms with van der Waals surface area (Å²) in [5.41, 5.74) is 0. The van der Waals surface area contributed by atoms with Gasteiger partial charge in [-0.25, -0.2) is 4.79 Å². The molecule has 0 aromatic rings. The highest BCUT2D eigenvalue weighted by atomic mass is 16.3. The molecule has 2 heterocycles. The molecule has 0 spiro atoms. The van der Waals surface area contributed by atoms with Crippen LogP contribution in [-0.4, -0.2) is 53.2 Å². The maximum Gasteiger partial charge on any atom is 0.320 e. The van der Waals surface area contributed by atoms with Gasteiger partial charge in [0, 0.05) is 26.2 Å². The van der Waals surface area contributed by atoms with Gasteiger partial charge < -0.3 is 14.9 Å². The summed E-state index contributed by atoms with van der Waals surface area (Å²) >= 11 is 0. The molecule has 16 heavy (non-hydrogen) atoms. The summed E-state index contributed by atoms with van der Waals surface area (Å²) in [7, 11) is 0. The van der Waals surface area contributed by atoms with Crippen LogP contribution in [0.1, 0.15) is 38.5 Å². The highest BCUT2D eigenvalue weighted by Gasteiger charge is 2.25. The maximum absolute atomic E-state index is 12.2. The lowest BCUT2D eigenvalue weighted by molar-refractivity contribution is 0.0817. The fourth-order valence-electron chi connectivity index (χ4n) is 2.52. The molecule has 0 atom stereocenters. The number of carbonyl (C=O) groups is 1. The third-order valence-corrected chi connectivity index (χ3v) is 3.61. The van der Waals surface area contributed by atoms with Crippen molar-refractivity contribution in [3.05, 3.63) is 0 Å². The first-order chi connectivity index (χ1) is 7.77. The second-order valence-electron chi connectivity index (χ2n) is 4.90. The van der Waals surface area contributed by atoms with Gasteiger partial charge in [-0.1, -0.05) is 12.8 Å². The first-order valence-corrected chi connectivity index (χ1v) is 6.49. The number of aliphatic hydroxyl groups is 1. The van der Waals surface area contributed by atoms with Crippen molar-refractivity contribution in [3.63, 3.8) is 0 Å². The quantitative estimate of drug-likeness (QED) is 0.679. The molecule has 2 amide bonds. The van der Waals surface area contributed by atoms with E-state index in [1.165, 1.54) is 12.8 Å². The molecule has 0 radical (unpaired) electrons. The number of likely N-dealkylation sites (tertiary alicyclic amines) is 2. The van der Waals surface area contributed by atoms with Gasteiger partial charge in [0.15, 0.2) is 0 Å². The number of nitrogens with zero attached hydrogens (tertiary/aromatic N) is 2. The Morgan fingerprint density at radius 3 is 1.94 bits per heavy atom. The van der Waals surface area contributed by atoms with Crippen molar-refractivity contribution in [1.29, 1.82) is 0 Å². The van der Waals surface area contributed by atoms with Gasteiger partial charge in [-0.3, -0.25) is 0 Å². The predicted octanol–water partition coefficient (Wildman–Crippen LogP) is 1.44. The summed E-state index contributed by atoms with van der Waals surface area (Å²) in [5, 5.41) is 9.41.